The van der Waals surface area contributed by atoms with Crippen LogP contribution < -0.4 is 10.6 Å². The van der Waals surface area contributed by atoms with Crippen LogP contribution >= 0.6 is 12.4 Å². The minimum absolute atomic E-state index is 0. The minimum atomic E-state index is -0.513. The van der Waals surface area contributed by atoms with Crippen molar-refractivity contribution >= 4 is 18.3 Å². The number of nitrogens with one attached hydrogen (secondary N) is 2. The summed E-state index contributed by atoms with van der Waals surface area (Å²) >= 11 is 0. The van der Waals surface area contributed by atoms with Crippen LogP contribution in [0.5, 0.6) is 0 Å². The van der Waals surface area contributed by atoms with Gasteiger partial charge >= 0.3 is 0 Å². The number of amides is 1. The highest BCUT2D eigenvalue weighted by Crippen LogP contribution is 2.17. The van der Waals surface area contributed by atoms with Crippen molar-refractivity contribution in [2.45, 2.75) is 25.0 Å². The molecule has 106 valence electrons. The van der Waals surface area contributed by atoms with Crippen LogP contribution in [0.2, 0.25) is 0 Å². The van der Waals surface area contributed by atoms with E-state index in [1.165, 1.54) is 0 Å². The van der Waals surface area contributed by atoms with Crippen molar-refractivity contribution < 1.29 is 9.53 Å². The lowest BCUT2D eigenvalue weighted by molar-refractivity contribution is -0.132. The molecule has 1 saturated heterocycles. The first-order chi connectivity index (χ1) is 8.81. The van der Waals surface area contributed by atoms with Crippen LogP contribution in [-0.2, 0) is 9.53 Å². The molecule has 0 radical (unpaired) electrons. The Hall–Kier alpha value is -1.10. The van der Waals surface area contributed by atoms with Gasteiger partial charge in [0.25, 0.3) is 5.91 Å². The number of carbonyl (C=O) groups is 1. The minimum Gasteiger partial charge on any atom is -0.367 e. The van der Waals surface area contributed by atoms with E-state index < -0.39 is 6.10 Å². The highest BCUT2D eigenvalue weighted by molar-refractivity contribution is 5.85. The van der Waals surface area contributed by atoms with Gasteiger partial charge in [0.15, 0.2) is 6.10 Å². The number of rotatable bonds is 4. The van der Waals surface area contributed by atoms with Gasteiger partial charge in [-0.05, 0) is 31.5 Å². The standard InChI is InChI=1S/C14H20N2O2.ClH/c1-18-13(11-5-3-2-4-6-11)14(17)16-12-7-9-15-10-8-12;/h2-6,12-13,15H,7-10H2,1H3,(H,16,17);1H. The number of benzene rings is 1. The zero-order valence-electron chi connectivity index (χ0n) is 11.1. The molecule has 0 spiro atoms. The van der Waals surface area contributed by atoms with Crippen LogP contribution in [0, 0.1) is 0 Å². The predicted octanol–water partition coefficient (Wildman–Crippen LogP) is 1.66. The first kappa shape index (κ1) is 16.0. The molecule has 1 aliphatic rings. The summed E-state index contributed by atoms with van der Waals surface area (Å²) < 4.78 is 5.31. The third-order valence-corrected chi connectivity index (χ3v) is 3.26. The average molecular weight is 285 g/mol. The van der Waals surface area contributed by atoms with Crippen LogP contribution in [0.4, 0.5) is 0 Å². The zero-order valence-corrected chi connectivity index (χ0v) is 11.9. The summed E-state index contributed by atoms with van der Waals surface area (Å²) in [4.78, 5) is 12.2. The number of piperidine rings is 1. The van der Waals surface area contributed by atoms with Gasteiger partial charge in [-0.25, -0.2) is 0 Å². The summed E-state index contributed by atoms with van der Waals surface area (Å²) in [5.74, 6) is -0.0457. The summed E-state index contributed by atoms with van der Waals surface area (Å²) in [6.45, 7) is 1.93. The number of methoxy groups -OCH3 is 1. The van der Waals surface area contributed by atoms with Crippen molar-refractivity contribution in [2.24, 2.45) is 0 Å². The maximum Gasteiger partial charge on any atom is 0.253 e. The van der Waals surface area contributed by atoms with Gasteiger partial charge < -0.3 is 15.4 Å². The number of halogens is 1. The van der Waals surface area contributed by atoms with Gasteiger partial charge in [-0.2, -0.15) is 0 Å². The van der Waals surface area contributed by atoms with Gasteiger partial charge in [0.2, 0.25) is 0 Å². The van der Waals surface area contributed by atoms with E-state index in [2.05, 4.69) is 10.6 Å². The van der Waals surface area contributed by atoms with Crippen LogP contribution in [-0.4, -0.2) is 32.1 Å². The van der Waals surface area contributed by atoms with E-state index in [9.17, 15) is 4.79 Å². The van der Waals surface area contributed by atoms with Crippen LogP contribution in [0.25, 0.3) is 0 Å². The molecule has 5 heteroatoms. The molecule has 19 heavy (non-hydrogen) atoms. The highest BCUT2D eigenvalue weighted by Gasteiger charge is 2.23. The van der Waals surface area contributed by atoms with Crippen LogP contribution in [0.3, 0.4) is 0 Å². The Morgan fingerprint density at radius 2 is 1.95 bits per heavy atom. The number of hydrogen-bond donors (Lipinski definition) is 2. The monoisotopic (exact) mass is 284 g/mol. The van der Waals surface area contributed by atoms with Crippen molar-refractivity contribution in [3.8, 4) is 0 Å². The van der Waals surface area contributed by atoms with Crippen LogP contribution in [0.1, 0.15) is 24.5 Å². The fraction of sp³-hybridized carbons (Fsp3) is 0.500. The summed E-state index contributed by atoms with van der Waals surface area (Å²) in [7, 11) is 1.57. The lowest BCUT2D eigenvalue weighted by Crippen LogP contribution is -2.44. The van der Waals surface area contributed by atoms with Gasteiger partial charge in [0.05, 0.1) is 0 Å². The molecule has 2 rings (SSSR count). The Labute approximate surface area is 120 Å². The quantitative estimate of drug-likeness (QED) is 0.884. The lowest BCUT2D eigenvalue weighted by Gasteiger charge is -2.25. The predicted molar refractivity (Wildman–Crippen MR) is 77.5 cm³/mol. The normalized spacial score (nSPS) is 17.3. The van der Waals surface area contributed by atoms with E-state index >= 15 is 0 Å². The number of ether oxygens (including phenoxy) is 1. The molecule has 1 unspecified atom stereocenters. The van der Waals surface area contributed by atoms with Crippen molar-refractivity contribution in [1.29, 1.82) is 0 Å². The van der Waals surface area contributed by atoms with E-state index in [0.29, 0.717) is 0 Å². The van der Waals surface area contributed by atoms with E-state index in [1.54, 1.807) is 7.11 Å². The Morgan fingerprint density at radius 1 is 1.32 bits per heavy atom. The molecule has 1 atom stereocenters. The van der Waals surface area contributed by atoms with Gasteiger partial charge in [0, 0.05) is 13.2 Å². The molecule has 4 nitrogen and oxygen atoms in total. The van der Waals surface area contributed by atoms with E-state index in [1.807, 2.05) is 30.3 Å². The fourth-order valence-corrected chi connectivity index (χ4v) is 2.27. The highest BCUT2D eigenvalue weighted by atomic mass is 35.5. The average Bonchev–Trinajstić information content (AvgIpc) is 2.42. The second-order valence-electron chi connectivity index (χ2n) is 4.56. The molecule has 1 aliphatic heterocycles. The number of carbonyl (C=O) groups excluding carboxylic acids is 1. The Kier molecular flexibility index (Phi) is 6.84. The van der Waals surface area contributed by atoms with Crippen molar-refractivity contribution in [3.05, 3.63) is 35.9 Å². The van der Waals surface area contributed by atoms with Crippen molar-refractivity contribution in [1.82, 2.24) is 10.6 Å². The summed E-state index contributed by atoms with van der Waals surface area (Å²) in [6, 6.07) is 9.85. The largest absolute Gasteiger partial charge is 0.367 e. The third-order valence-electron chi connectivity index (χ3n) is 3.26. The molecule has 0 aliphatic carbocycles. The maximum absolute atomic E-state index is 12.2. The zero-order chi connectivity index (χ0) is 12.8. The second kappa shape index (κ2) is 8.15. The molecule has 1 amide bonds. The molecule has 1 aromatic rings. The van der Waals surface area contributed by atoms with E-state index in [4.69, 9.17) is 4.74 Å². The molecule has 2 N–H and O–H groups in total. The Bertz CT molecular complexity index is 380. The summed E-state index contributed by atoms with van der Waals surface area (Å²) in [6.07, 6.45) is 1.45. The van der Waals surface area contributed by atoms with Crippen molar-refractivity contribution in [3.63, 3.8) is 0 Å². The number of hydrogen-bond acceptors (Lipinski definition) is 3. The smallest absolute Gasteiger partial charge is 0.253 e. The molecule has 0 saturated carbocycles. The van der Waals surface area contributed by atoms with Gasteiger partial charge in [-0.3, -0.25) is 4.79 Å². The van der Waals surface area contributed by atoms with Gasteiger partial charge in [-0.15, -0.1) is 12.4 Å². The molecular weight excluding hydrogens is 264 g/mol. The summed E-state index contributed by atoms with van der Waals surface area (Å²) in [5.41, 5.74) is 0.895. The Balaban J connectivity index is 0.00000180. The SMILES string of the molecule is COC(C(=O)NC1CCNCC1)c1ccccc1.Cl. The lowest BCUT2D eigenvalue weighted by atomic mass is 10.0. The molecule has 1 aromatic carbocycles. The first-order valence-corrected chi connectivity index (χ1v) is 6.40. The van der Waals surface area contributed by atoms with E-state index in [0.717, 1.165) is 31.5 Å². The molecule has 1 fully saturated rings. The second-order valence-corrected chi connectivity index (χ2v) is 4.56. The van der Waals surface area contributed by atoms with Crippen LogP contribution in [0.15, 0.2) is 30.3 Å². The summed E-state index contributed by atoms with van der Waals surface area (Å²) in [5, 5.41) is 6.34. The maximum atomic E-state index is 12.2. The molecule has 0 bridgehead atoms. The van der Waals surface area contributed by atoms with E-state index in [-0.39, 0.29) is 24.4 Å². The van der Waals surface area contributed by atoms with Crippen molar-refractivity contribution in [2.75, 3.05) is 20.2 Å². The van der Waals surface area contributed by atoms with Gasteiger partial charge in [-0.1, -0.05) is 30.3 Å². The molecular formula is C14H21ClN2O2. The van der Waals surface area contributed by atoms with Gasteiger partial charge in [0.1, 0.15) is 0 Å². The molecule has 0 aromatic heterocycles. The fourth-order valence-electron chi connectivity index (χ4n) is 2.27. The topological polar surface area (TPSA) is 50.4 Å². The first-order valence-electron chi connectivity index (χ1n) is 6.40. The molecule has 1 heterocycles. The third kappa shape index (κ3) is 4.49. The Morgan fingerprint density at radius 3 is 2.53 bits per heavy atom.